The maximum atomic E-state index is 10.7. The Hall–Kier alpha value is -4.21. The molecule has 0 amide bonds. The fourth-order valence-electron chi connectivity index (χ4n) is 4.98. The lowest BCUT2D eigenvalue weighted by molar-refractivity contribution is -0.568. The lowest BCUT2D eigenvalue weighted by Gasteiger charge is -2.34. The lowest BCUT2D eigenvalue weighted by atomic mass is 10.2. The average Bonchev–Trinajstić information content (AvgIpc) is 2.92. The Morgan fingerprint density at radius 1 is 0.629 bits per heavy atom. The van der Waals surface area contributed by atoms with E-state index in [1.165, 1.54) is 26.3 Å². The molecule has 170 valence electrons. The van der Waals surface area contributed by atoms with Gasteiger partial charge in [0, 0.05) is 17.2 Å². The van der Waals surface area contributed by atoms with E-state index < -0.39 is 8.07 Å². The molecule has 35 heavy (non-hydrogen) atoms. The van der Waals surface area contributed by atoms with Gasteiger partial charge in [-0.2, -0.15) is 4.57 Å². The zero-order valence-electron chi connectivity index (χ0n) is 19.8. The highest BCUT2D eigenvalue weighted by molar-refractivity contribution is 7.20. The van der Waals surface area contributed by atoms with E-state index in [0.717, 1.165) is 5.56 Å². The molecule has 0 aliphatic rings. The molecule has 1 heterocycles. The van der Waals surface area contributed by atoms with Gasteiger partial charge in [-0.1, -0.05) is 121 Å². The quantitative estimate of drug-likeness (QED) is 0.171. The normalized spacial score (nSPS) is 11.9. The molecular formula is C32H28NOSi+. The second-order valence-electron chi connectivity index (χ2n) is 8.72. The fourth-order valence-corrected chi connectivity index (χ4v) is 9.98. The lowest BCUT2D eigenvalue weighted by Crippen LogP contribution is -2.75. The topological polar surface area (TPSA) is 24.1 Å². The van der Waals surface area contributed by atoms with E-state index in [1.807, 2.05) is 34.9 Å². The third-order valence-electron chi connectivity index (χ3n) is 6.55. The summed E-state index contributed by atoms with van der Waals surface area (Å²) in [7, 11) is -2.57. The van der Waals surface area contributed by atoms with Crippen molar-refractivity contribution in [2.45, 2.75) is 6.92 Å². The van der Waals surface area contributed by atoms with E-state index >= 15 is 0 Å². The molecule has 0 saturated carbocycles. The molecule has 5 rings (SSSR count). The molecule has 0 aliphatic carbocycles. The molecule has 0 atom stereocenters. The molecule has 0 bridgehead atoms. The number of aryl methyl sites for hydroxylation is 1. The van der Waals surface area contributed by atoms with Gasteiger partial charge in [0.25, 0.3) is 0 Å². The number of hydrogen-bond acceptors (Lipinski definition) is 1. The third kappa shape index (κ3) is 4.34. The number of hydrogen-bond donors (Lipinski definition) is 1. The maximum absolute atomic E-state index is 10.7. The average molecular weight is 471 g/mol. The Balaban J connectivity index is 1.74. The fraction of sp³-hybridized carbons (Fsp3) is 0.0312. The predicted molar refractivity (Wildman–Crippen MR) is 148 cm³/mol. The summed E-state index contributed by atoms with van der Waals surface area (Å²) in [4.78, 5) is 0. The van der Waals surface area contributed by atoms with Crippen molar-refractivity contribution in [2.24, 2.45) is 0 Å². The van der Waals surface area contributed by atoms with Crippen LogP contribution >= 0.6 is 0 Å². The Bertz CT molecular complexity index is 1340. The molecule has 5 aromatic rings. The molecule has 4 aromatic carbocycles. The van der Waals surface area contributed by atoms with Crippen molar-refractivity contribution in [2.75, 3.05) is 0 Å². The van der Waals surface area contributed by atoms with Crippen molar-refractivity contribution < 1.29 is 9.67 Å². The van der Waals surface area contributed by atoms with Crippen LogP contribution in [-0.4, -0.2) is 13.2 Å². The van der Waals surface area contributed by atoms with E-state index in [1.54, 1.807) is 6.20 Å². The number of aliphatic hydroxyl groups is 1. The summed E-state index contributed by atoms with van der Waals surface area (Å²) in [5.41, 5.74) is 1.98. The minimum atomic E-state index is -2.57. The summed E-state index contributed by atoms with van der Waals surface area (Å²) in [6.45, 7) is 2.18. The first-order valence-electron chi connectivity index (χ1n) is 11.8. The van der Waals surface area contributed by atoms with Crippen molar-refractivity contribution in [3.05, 3.63) is 151 Å². The van der Waals surface area contributed by atoms with E-state index in [0.29, 0.717) is 0 Å². The van der Waals surface area contributed by atoms with Crippen LogP contribution in [0.1, 0.15) is 11.1 Å². The molecule has 1 aromatic heterocycles. The summed E-state index contributed by atoms with van der Waals surface area (Å²) in [6.07, 6.45) is 5.94. The van der Waals surface area contributed by atoms with Crippen LogP contribution in [0, 0.1) is 6.92 Å². The standard InChI is InChI=1S/C32H27NOSi/c1-26-24-33(25-31(34)27-14-6-2-7-15-27)23-22-32(26)35(28-16-8-3-9-17-28,29-18-10-4-11-19-29)30-20-12-5-13-21-30/h2-25H,1H3/p+1/b31-25+. The van der Waals surface area contributed by atoms with Crippen LogP contribution in [0.4, 0.5) is 0 Å². The Morgan fingerprint density at radius 3 is 1.49 bits per heavy atom. The summed E-state index contributed by atoms with van der Waals surface area (Å²) in [5.74, 6) is 0.237. The zero-order valence-corrected chi connectivity index (χ0v) is 20.8. The number of nitrogens with zero attached hydrogens (tertiary/aromatic N) is 1. The maximum Gasteiger partial charge on any atom is 0.216 e. The van der Waals surface area contributed by atoms with Crippen molar-refractivity contribution in [3.63, 3.8) is 0 Å². The van der Waals surface area contributed by atoms with Crippen molar-refractivity contribution in [1.82, 2.24) is 0 Å². The molecule has 0 radical (unpaired) electrons. The van der Waals surface area contributed by atoms with Gasteiger partial charge in [0.2, 0.25) is 6.20 Å². The second-order valence-corrected chi connectivity index (χ2v) is 12.5. The van der Waals surface area contributed by atoms with E-state index in [9.17, 15) is 5.11 Å². The van der Waals surface area contributed by atoms with Gasteiger partial charge in [0.05, 0.1) is 0 Å². The zero-order chi connectivity index (χ0) is 24.1. The highest BCUT2D eigenvalue weighted by Crippen LogP contribution is 2.12. The SMILES string of the molecule is Cc1c[n+](/C=C(/O)c2ccccc2)ccc1[Si](c1ccccc1)(c1ccccc1)c1ccccc1. The van der Waals surface area contributed by atoms with Gasteiger partial charge < -0.3 is 5.11 Å². The van der Waals surface area contributed by atoms with Gasteiger partial charge in [-0.25, -0.2) is 0 Å². The van der Waals surface area contributed by atoms with Gasteiger partial charge in [0.15, 0.2) is 26.2 Å². The minimum Gasteiger partial charge on any atom is -0.502 e. The molecule has 0 unspecified atom stereocenters. The Morgan fingerprint density at radius 2 is 1.06 bits per heavy atom. The van der Waals surface area contributed by atoms with Gasteiger partial charge in [-0.05, 0) is 27.7 Å². The number of pyridine rings is 1. The van der Waals surface area contributed by atoms with Gasteiger partial charge in [-0.15, -0.1) is 0 Å². The van der Waals surface area contributed by atoms with Crippen molar-refractivity contribution in [3.8, 4) is 0 Å². The molecule has 0 aliphatic heterocycles. The third-order valence-corrected chi connectivity index (χ3v) is 11.5. The Labute approximate surface area is 208 Å². The van der Waals surface area contributed by atoms with Crippen LogP contribution in [0.25, 0.3) is 12.0 Å². The molecule has 0 spiro atoms. The van der Waals surface area contributed by atoms with Crippen LogP contribution in [0.5, 0.6) is 0 Å². The smallest absolute Gasteiger partial charge is 0.216 e. The minimum absolute atomic E-state index is 0.237. The largest absolute Gasteiger partial charge is 0.502 e. The predicted octanol–water partition coefficient (Wildman–Crippen LogP) is 4.17. The molecule has 0 fully saturated rings. The summed E-state index contributed by atoms with van der Waals surface area (Å²) < 4.78 is 1.95. The number of aromatic nitrogens is 1. The number of aliphatic hydroxyl groups excluding tert-OH is 1. The number of rotatable bonds is 6. The second kappa shape index (κ2) is 9.96. The van der Waals surface area contributed by atoms with E-state index in [2.05, 4.69) is 116 Å². The number of benzene rings is 4. The molecule has 1 N–H and O–H groups in total. The first-order chi connectivity index (χ1) is 17.2. The summed E-state index contributed by atoms with van der Waals surface area (Å²) >= 11 is 0. The molecule has 3 heteroatoms. The van der Waals surface area contributed by atoms with Crippen LogP contribution < -0.4 is 25.3 Å². The Kier molecular flexibility index (Phi) is 6.42. The molecule has 0 saturated heterocycles. The van der Waals surface area contributed by atoms with Crippen molar-refractivity contribution >= 4 is 40.8 Å². The highest BCUT2D eigenvalue weighted by atomic mass is 28.3. The monoisotopic (exact) mass is 470 g/mol. The van der Waals surface area contributed by atoms with Crippen molar-refractivity contribution in [1.29, 1.82) is 0 Å². The first-order valence-corrected chi connectivity index (χ1v) is 13.8. The van der Waals surface area contributed by atoms with Gasteiger partial charge >= 0.3 is 0 Å². The van der Waals surface area contributed by atoms with E-state index in [-0.39, 0.29) is 5.76 Å². The highest BCUT2D eigenvalue weighted by Gasteiger charge is 2.42. The summed E-state index contributed by atoms with van der Waals surface area (Å²) in [6, 6.07) is 44.6. The van der Waals surface area contributed by atoms with Crippen LogP contribution in [-0.2, 0) is 0 Å². The van der Waals surface area contributed by atoms with Gasteiger partial charge in [0.1, 0.15) is 0 Å². The van der Waals surface area contributed by atoms with E-state index in [4.69, 9.17) is 0 Å². The molecule has 2 nitrogen and oxygen atoms in total. The van der Waals surface area contributed by atoms with Gasteiger partial charge in [-0.3, -0.25) is 0 Å². The molecular weight excluding hydrogens is 442 g/mol. The summed E-state index contributed by atoms with van der Waals surface area (Å²) in [5, 5.41) is 16.1. The van der Waals surface area contributed by atoms with Crippen LogP contribution in [0.3, 0.4) is 0 Å². The van der Waals surface area contributed by atoms with Crippen LogP contribution in [0.15, 0.2) is 140 Å². The first kappa shape index (κ1) is 22.6. The van der Waals surface area contributed by atoms with Crippen LogP contribution in [0.2, 0.25) is 0 Å².